The lowest BCUT2D eigenvalue weighted by molar-refractivity contribution is -0.161. The summed E-state index contributed by atoms with van der Waals surface area (Å²) in [6.45, 7) is 4.10. The van der Waals surface area contributed by atoms with Crippen molar-refractivity contribution in [1.29, 1.82) is 0 Å². The smallest absolute Gasteiger partial charge is 0.462 e. The molecule has 338 valence electrons. The van der Waals surface area contributed by atoms with Gasteiger partial charge in [0.25, 0.3) is 0 Å². The van der Waals surface area contributed by atoms with Crippen LogP contribution in [-0.4, -0.2) is 68.3 Å². The van der Waals surface area contributed by atoms with E-state index in [0.717, 1.165) is 64.2 Å². The molecule has 0 aromatic heterocycles. The molecule has 0 fully saturated rings. The minimum Gasteiger partial charge on any atom is -0.462 e. The molecule has 0 saturated heterocycles. The second-order valence-electron chi connectivity index (χ2n) is 15.2. The number of nitrogens with zero attached hydrogens (tertiary/aromatic N) is 1. The third-order valence-electron chi connectivity index (χ3n) is 9.20. The summed E-state index contributed by atoms with van der Waals surface area (Å²) in [5.41, 5.74) is 0. The number of phosphoric acid groups is 1. The number of phosphoric ester groups is 1. The van der Waals surface area contributed by atoms with Crippen molar-refractivity contribution in [3.05, 3.63) is 85.1 Å². The maximum Gasteiger partial charge on any atom is 0.472 e. The van der Waals surface area contributed by atoms with Crippen molar-refractivity contribution < 1.29 is 37.6 Å². The molecule has 0 amide bonds. The van der Waals surface area contributed by atoms with Crippen molar-refractivity contribution in [2.24, 2.45) is 0 Å². The van der Waals surface area contributed by atoms with Crippen LogP contribution in [0.2, 0.25) is 0 Å². The van der Waals surface area contributed by atoms with E-state index in [-0.39, 0.29) is 26.1 Å². The van der Waals surface area contributed by atoms with E-state index in [9.17, 15) is 19.0 Å². The molecule has 0 aromatic rings. The summed E-state index contributed by atoms with van der Waals surface area (Å²) < 4.78 is 33.4. The fourth-order valence-corrected chi connectivity index (χ4v) is 6.45. The van der Waals surface area contributed by atoms with Crippen molar-refractivity contribution in [2.45, 2.75) is 174 Å². The van der Waals surface area contributed by atoms with E-state index in [1.165, 1.54) is 64.2 Å². The van der Waals surface area contributed by atoms with Crippen molar-refractivity contribution >= 4 is 19.8 Å². The van der Waals surface area contributed by atoms with Crippen LogP contribution in [0.15, 0.2) is 85.1 Å². The van der Waals surface area contributed by atoms with Crippen LogP contribution in [0, 0.1) is 0 Å². The molecule has 0 aliphatic carbocycles. The second kappa shape index (κ2) is 43.3. The number of esters is 2. The minimum absolute atomic E-state index is 0.00876. The third-order valence-corrected chi connectivity index (χ3v) is 10.2. The number of allylic oxidation sites excluding steroid dienone is 14. The SMILES string of the molecule is CC/C=C\C/C=C\C/C=C\C/C=C\C/C=C\C/C=C\CCC(=O)OCC(COP(=O)(O)OCCN(C)C)OC(=O)CCCCCCCCC/C=C\CCCCCCCC. The Morgan fingerprint density at radius 1 is 0.542 bits per heavy atom. The number of likely N-dealkylation sites (N-methyl/N-ethyl adjacent to an activating group) is 1. The Bertz CT molecular complexity index is 1250. The lowest BCUT2D eigenvalue weighted by atomic mass is 10.1. The predicted molar refractivity (Wildman–Crippen MR) is 247 cm³/mol. The Morgan fingerprint density at radius 3 is 1.51 bits per heavy atom. The number of ether oxygens (including phenoxy) is 2. The molecule has 10 heteroatoms. The van der Waals surface area contributed by atoms with Gasteiger partial charge in [-0.15, -0.1) is 0 Å². The zero-order valence-electron chi connectivity index (χ0n) is 37.7. The lowest BCUT2D eigenvalue weighted by Crippen LogP contribution is -2.29. The Kier molecular flexibility index (Phi) is 41.2. The Hall–Kier alpha value is -2.81. The molecule has 0 radical (unpaired) electrons. The highest BCUT2D eigenvalue weighted by atomic mass is 31.2. The molecule has 0 saturated carbocycles. The summed E-state index contributed by atoms with van der Waals surface area (Å²) in [6.07, 6.45) is 53.6. The van der Waals surface area contributed by atoms with Gasteiger partial charge in [0.1, 0.15) is 6.61 Å². The van der Waals surface area contributed by atoms with Crippen LogP contribution < -0.4 is 0 Å². The first kappa shape index (κ1) is 56.2. The number of hydrogen-bond donors (Lipinski definition) is 1. The summed E-state index contributed by atoms with van der Waals surface area (Å²) in [5.74, 6) is -0.911. The molecular weight excluding hydrogens is 762 g/mol. The van der Waals surface area contributed by atoms with Crippen LogP contribution in [0.25, 0.3) is 0 Å². The Morgan fingerprint density at radius 2 is 1.00 bits per heavy atom. The zero-order chi connectivity index (χ0) is 43.3. The van der Waals surface area contributed by atoms with Gasteiger partial charge in [-0.3, -0.25) is 18.6 Å². The van der Waals surface area contributed by atoms with Crippen LogP contribution in [0.3, 0.4) is 0 Å². The summed E-state index contributed by atoms with van der Waals surface area (Å²) in [5, 5.41) is 0. The summed E-state index contributed by atoms with van der Waals surface area (Å²) in [4.78, 5) is 37.0. The van der Waals surface area contributed by atoms with Gasteiger partial charge in [0.05, 0.1) is 13.2 Å². The van der Waals surface area contributed by atoms with Crippen LogP contribution in [0.1, 0.15) is 168 Å². The summed E-state index contributed by atoms with van der Waals surface area (Å²) in [7, 11) is -0.755. The third kappa shape index (κ3) is 44.6. The number of carbonyl (C=O) groups excluding carboxylic acids is 2. The zero-order valence-corrected chi connectivity index (χ0v) is 38.6. The molecule has 0 rings (SSSR count). The van der Waals surface area contributed by atoms with E-state index in [1.54, 1.807) is 4.90 Å². The maximum absolute atomic E-state index is 12.7. The second-order valence-corrected chi connectivity index (χ2v) is 16.6. The van der Waals surface area contributed by atoms with Gasteiger partial charge in [-0.25, -0.2) is 4.57 Å². The molecule has 1 N–H and O–H groups in total. The van der Waals surface area contributed by atoms with Gasteiger partial charge < -0.3 is 19.3 Å². The molecule has 0 aliphatic heterocycles. The highest BCUT2D eigenvalue weighted by Crippen LogP contribution is 2.43. The highest BCUT2D eigenvalue weighted by Gasteiger charge is 2.26. The van der Waals surface area contributed by atoms with E-state index in [4.69, 9.17) is 18.5 Å². The summed E-state index contributed by atoms with van der Waals surface area (Å²) in [6, 6.07) is 0. The van der Waals surface area contributed by atoms with Gasteiger partial charge >= 0.3 is 19.8 Å². The monoisotopic (exact) mass is 846 g/mol. The van der Waals surface area contributed by atoms with Crippen LogP contribution in [0.5, 0.6) is 0 Å². The molecule has 9 nitrogen and oxygen atoms in total. The quantitative estimate of drug-likeness (QED) is 0.0278. The average Bonchev–Trinajstić information content (AvgIpc) is 3.20. The van der Waals surface area contributed by atoms with Crippen LogP contribution in [-0.2, 0) is 32.7 Å². The molecule has 0 aliphatic rings. The highest BCUT2D eigenvalue weighted by molar-refractivity contribution is 7.47. The standard InChI is InChI=1S/C49H84NO8P/c1-5-7-9-11-13-15-17-19-21-23-24-26-27-29-31-33-35-37-39-41-48(51)55-45-47(46-57-59(53,54)56-44-43-50(3)4)58-49(52)42-40-38-36-34-32-30-28-25-22-20-18-16-14-12-10-8-6-2/h7,9,13,15,19-22,24,26,29,31,35,37,47H,5-6,8,10-12,14,16-18,23,25,27-28,30,32-34,36,38-46H2,1-4H3,(H,53,54)/b9-7-,15-13-,21-19-,22-20-,26-24-,31-29-,37-35-. The van der Waals surface area contributed by atoms with Crippen molar-refractivity contribution in [3.63, 3.8) is 0 Å². The molecule has 0 bridgehead atoms. The predicted octanol–water partition coefficient (Wildman–Crippen LogP) is 13.4. The first-order valence-corrected chi connectivity index (χ1v) is 24.4. The number of hydrogen-bond acceptors (Lipinski definition) is 8. The van der Waals surface area contributed by atoms with Crippen LogP contribution >= 0.6 is 7.82 Å². The van der Waals surface area contributed by atoms with Gasteiger partial charge in [0.2, 0.25) is 0 Å². The molecule has 0 heterocycles. The largest absolute Gasteiger partial charge is 0.472 e. The first-order valence-electron chi connectivity index (χ1n) is 22.9. The van der Waals surface area contributed by atoms with E-state index in [0.29, 0.717) is 19.4 Å². The van der Waals surface area contributed by atoms with Crippen LogP contribution in [0.4, 0.5) is 0 Å². The molecule has 59 heavy (non-hydrogen) atoms. The Balaban J connectivity index is 4.40. The summed E-state index contributed by atoms with van der Waals surface area (Å²) >= 11 is 0. The Labute approximate surface area is 360 Å². The van der Waals surface area contributed by atoms with Gasteiger partial charge in [-0.05, 0) is 91.1 Å². The van der Waals surface area contributed by atoms with Crippen molar-refractivity contribution in [1.82, 2.24) is 4.90 Å². The fourth-order valence-electron chi connectivity index (χ4n) is 5.71. The molecular formula is C49H84NO8P. The average molecular weight is 846 g/mol. The van der Waals surface area contributed by atoms with Crippen molar-refractivity contribution in [3.8, 4) is 0 Å². The van der Waals surface area contributed by atoms with E-state index >= 15 is 0 Å². The van der Waals surface area contributed by atoms with E-state index in [2.05, 4.69) is 86.8 Å². The molecule has 2 unspecified atom stereocenters. The van der Waals surface area contributed by atoms with E-state index in [1.807, 2.05) is 26.2 Å². The molecule has 0 spiro atoms. The maximum atomic E-state index is 12.7. The fraction of sp³-hybridized carbons (Fsp3) is 0.673. The molecule has 2 atom stereocenters. The first-order chi connectivity index (χ1) is 28.7. The lowest BCUT2D eigenvalue weighted by Gasteiger charge is -2.20. The van der Waals surface area contributed by atoms with Crippen molar-refractivity contribution in [2.75, 3.05) is 40.5 Å². The minimum atomic E-state index is -4.39. The number of carbonyl (C=O) groups is 2. The number of unbranched alkanes of at least 4 members (excludes halogenated alkanes) is 13. The van der Waals surface area contributed by atoms with Gasteiger partial charge in [0, 0.05) is 19.4 Å². The number of rotatable bonds is 41. The van der Waals surface area contributed by atoms with Gasteiger partial charge in [-0.1, -0.05) is 163 Å². The normalized spacial score (nSPS) is 14.1. The molecule has 0 aromatic carbocycles. The van der Waals surface area contributed by atoms with Gasteiger partial charge in [0.15, 0.2) is 6.10 Å². The van der Waals surface area contributed by atoms with Gasteiger partial charge in [-0.2, -0.15) is 0 Å². The topological polar surface area (TPSA) is 112 Å². The van der Waals surface area contributed by atoms with E-state index < -0.39 is 32.5 Å².